The van der Waals surface area contributed by atoms with Crippen molar-refractivity contribution in [3.05, 3.63) is 66.7 Å². The summed E-state index contributed by atoms with van der Waals surface area (Å²) >= 11 is 0. The van der Waals surface area contributed by atoms with Crippen LogP contribution in [0.1, 0.15) is 12.5 Å². The van der Waals surface area contributed by atoms with Crippen molar-refractivity contribution in [3.8, 4) is 11.4 Å². The van der Waals surface area contributed by atoms with Gasteiger partial charge in [0.1, 0.15) is 18.4 Å². The minimum atomic E-state index is -0.213. The van der Waals surface area contributed by atoms with Crippen molar-refractivity contribution >= 4 is 11.6 Å². The summed E-state index contributed by atoms with van der Waals surface area (Å²) in [5.74, 6) is 0.394. The highest BCUT2D eigenvalue weighted by atomic mass is 16.5. The van der Waals surface area contributed by atoms with Crippen LogP contribution >= 0.6 is 0 Å². The first kappa shape index (κ1) is 15.7. The molecule has 0 aliphatic carbocycles. The van der Waals surface area contributed by atoms with E-state index in [0.717, 1.165) is 17.8 Å². The molecule has 3 aromatic rings. The Balaban J connectivity index is 1.72. The van der Waals surface area contributed by atoms with Crippen LogP contribution in [0.15, 0.2) is 61.2 Å². The lowest BCUT2D eigenvalue weighted by Gasteiger charge is -2.13. The van der Waals surface area contributed by atoms with Crippen LogP contribution in [0.5, 0.6) is 5.75 Å². The van der Waals surface area contributed by atoms with Crippen molar-refractivity contribution < 1.29 is 9.53 Å². The largest absolute Gasteiger partial charge is 0.482 e. The molecule has 6 heteroatoms. The van der Waals surface area contributed by atoms with Gasteiger partial charge in [-0.15, -0.1) is 10.2 Å². The lowest BCUT2D eigenvalue weighted by atomic mass is 10.1. The van der Waals surface area contributed by atoms with Crippen LogP contribution in [-0.2, 0) is 11.2 Å². The Morgan fingerprint density at radius 3 is 2.58 bits per heavy atom. The van der Waals surface area contributed by atoms with Crippen molar-refractivity contribution in [1.29, 1.82) is 0 Å². The van der Waals surface area contributed by atoms with Gasteiger partial charge in [0.2, 0.25) is 0 Å². The molecule has 1 amide bonds. The zero-order valence-electron chi connectivity index (χ0n) is 13.3. The number of rotatable bonds is 6. The molecule has 0 fully saturated rings. The number of aryl methyl sites for hydroxylation is 1. The summed E-state index contributed by atoms with van der Waals surface area (Å²) in [6.45, 7) is 2.01. The van der Waals surface area contributed by atoms with Gasteiger partial charge in [-0.2, -0.15) is 0 Å². The molecule has 0 atom stereocenters. The molecule has 2 aromatic carbocycles. The Morgan fingerprint density at radius 1 is 1.12 bits per heavy atom. The fraction of sp³-hybridized carbons (Fsp3) is 0.167. The first-order valence-corrected chi connectivity index (χ1v) is 7.72. The van der Waals surface area contributed by atoms with Crippen LogP contribution in [0.25, 0.3) is 5.69 Å². The van der Waals surface area contributed by atoms with Crippen LogP contribution in [0.2, 0.25) is 0 Å². The topological polar surface area (TPSA) is 69.0 Å². The summed E-state index contributed by atoms with van der Waals surface area (Å²) in [7, 11) is 0. The number of para-hydroxylation sites is 1. The summed E-state index contributed by atoms with van der Waals surface area (Å²) in [5, 5.41) is 10.4. The molecule has 3 rings (SSSR count). The van der Waals surface area contributed by atoms with E-state index in [1.807, 2.05) is 48.5 Å². The number of nitrogens with one attached hydrogen (secondary N) is 1. The average molecular weight is 322 g/mol. The van der Waals surface area contributed by atoms with E-state index >= 15 is 0 Å². The third-order valence-corrected chi connectivity index (χ3v) is 3.54. The third kappa shape index (κ3) is 3.78. The van der Waals surface area contributed by atoms with Gasteiger partial charge in [0.15, 0.2) is 6.61 Å². The van der Waals surface area contributed by atoms with E-state index in [2.05, 4.69) is 22.4 Å². The minimum Gasteiger partial charge on any atom is -0.482 e. The molecule has 0 bridgehead atoms. The van der Waals surface area contributed by atoms with Gasteiger partial charge in [0, 0.05) is 5.69 Å². The van der Waals surface area contributed by atoms with Crippen LogP contribution in [0.4, 0.5) is 5.69 Å². The molecule has 1 N–H and O–H groups in total. The van der Waals surface area contributed by atoms with Crippen LogP contribution in [0, 0.1) is 0 Å². The molecule has 1 aromatic heterocycles. The van der Waals surface area contributed by atoms with E-state index in [1.54, 1.807) is 17.2 Å². The van der Waals surface area contributed by atoms with Crippen molar-refractivity contribution in [2.75, 3.05) is 11.9 Å². The quantitative estimate of drug-likeness (QED) is 0.757. The Labute approximate surface area is 140 Å². The summed E-state index contributed by atoms with van der Waals surface area (Å²) < 4.78 is 7.47. The predicted molar refractivity (Wildman–Crippen MR) is 91.3 cm³/mol. The number of ether oxygens (including phenoxy) is 1. The Morgan fingerprint density at radius 2 is 1.88 bits per heavy atom. The van der Waals surface area contributed by atoms with Crippen LogP contribution < -0.4 is 10.1 Å². The van der Waals surface area contributed by atoms with Gasteiger partial charge >= 0.3 is 0 Å². The van der Waals surface area contributed by atoms with Crippen LogP contribution in [0.3, 0.4) is 0 Å². The van der Waals surface area contributed by atoms with E-state index in [1.165, 1.54) is 5.56 Å². The van der Waals surface area contributed by atoms with E-state index in [9.17, 15) is 4.79 Å². The van der Waals surface area contributed by atoms with Crippen molar-refractivity contribution in [2.45, 2.75) is 13.3 Å². The smallest absolute Gasteiger partial charge is 0.262 e. The Bertz CT molecular complexity index is 801. The van der Waals surface area contributed by atoms with Gasteiger partial charge in [0.25, 0.3) is 5.91 Å². The van der Waals surface area contributed by atoms with Gasteiger partial charge in [-0.05, 0) is 36.2 Å². The maximum absolute atomic E-state index is 12.0. The molecule has 122 valence electrons. The van der Waals surface area contributed by atoms with Crippen molar-refractivity contribution in [1.82, 2.24) is 14.8 Å². The molecule has 0 radical (unpaired) electrons. The summed E-state index contributed by atoms with van der Waals surface area (Å²) in [6, 6.07) is 15.1. The second kappa shape index (κ2) is 7.41. The lowest BCUT2D eigenvalue weighted by Crippen LogP contribution is -2.20. The molecule has 0 aliphatic heterocycles. The summed E-state index contributed by atoms with van der Waals surface area (Å²) in [5.41, 5.74) is 2.72. The number of anilines is 1. The van der Waals surface area contributed by atoms with Crippen LogP contribution in [-0.4, -0.2) is 27.3 Å². The number of hydrogen-bond acceptors (Lipinski definition) is 4. The number of carbonyl (C=O) groups excluding carboxylic acids is 1. The number of carbonyl (C=O) groups is 1. The SMILES string of the molecule is CCc1ccc(OCC(=O)Nc2ccccc2)c(-n2cnnc2)c1. The van der Waals surface area contributed by atoms with Gasteiger partial charge in [-0.1, -0.05) is 31.2 Å². The Kier molecular flexibility index (Phi) is 4.86. The summed E-state index contributed by atoms with van der Waals surface area (Å²) in [6.07, 6.45) is 4.11. The monoisotopic (exact) mass is 322 g/mol. The number of hydrogen-bond donors (Lipinski definition) is 1. The molecule has 0 unspecified atom stereocenters. The summed E-state index contributed by atoms with van der Waals surface area (Å²) in [4.78, 5) is 12.0. The maximum Gasteiger partial charge on any atom is 0.262 e. The number of amides is 1. The van der Waals surface area contributed by atoms with Gasteiger partial charge in [-0.25, -0.2) is 0 Å². The first-order valence-electron chi connectivity index (χ1n) is 7.72. The second-order valence-electron chi connectivity index (χ2n) is 5.23. The number of nitrogens with zero attached hydrogens (tertiary/aromatic N) is 3. The molecular weight excluding hydrogens is 304 g/mol. The molecule has 6 nitrogen and oxygen atoms in total. The van der Waals surface area contributed by atoms with E-state index in [4.69, 9.17) is 4.74 Å². The number of benzene rings is 2. The van der Waals surface area contributed by atoms with Gasteiger partial charge in [-0.3, -0.25) is 9.36 Å². The maximum atomic E-state index is 12.0. The molecule has 0 saturated heterocycles. The fourth-order valence-electron chi connectivity index (χ4n) is 2.29. The zero-order valence-corrected chi connectivity index (χ0v) is 13.3. The molecule has 0 aliphatic rings. The molecule has 0 spiro atoms. The lowest BCUT2D eigenvalue weighted by molar-refractivity contribution is -0.118. The Hall–Kier alpha value is -3.15. The fourth-order valence-corrected chi connectivity index (χ4v) is 2.29. The highest BCUT2D eigenvalue weighted by molar-refractivity contribution is 5.91. The third-order valence-electron chi connectivity index (χ3n) is 3.54. The minimum absolute atomic E-state index is 0.0739. The normalized spacial score (nSPS) is 10.4. The molecule has 1 heterocycles. The number of aromatic nitrogens is 3. The van der Waals surface area contributed by atoms with E-state index in [-0.39, 0.29) is 12.5 Å². The van der Waals surface area contributed by atoms with Crippen molar-refractivity contribution in [2.24, 2.45) is 0 Å². The average Bonchev–Trinajstić information content (AvgIpc) is 3.15. The first-order chi connectivity index (χ1) is 11.8. The van der Waals surface area contributed by atoms with E-state index in [0.29, 0.717) is 5.75 Å². The molecular formula is C18H18N4O2. The predicted octanol–water partition coefficient (Wildman–Crippen LogP) is 2.85. The molecule has 24 heavy (non-hydrogen) atoms. The highest BCUT2D eigenvalue weighted by Gasteiger charge is 2.10. The zero-order chi connectivity index (χ0) is 16.8. The molecule has 0 saturated carbocycles. The standard InChI is InChI=1S/C18H18N4O2/c1-2-14-8-9-17(16(10-14)22-12-19-20-13-22)24-11-18(23)21-15-6-4-3-5-7-15/h3-10,12-13H,2,11H2,1H3,(H,21,23). The van der Waals surface area contributed by atoms with Gasteiger partial charge < -0.3 is 10.1 Å². The van der Waals surface area contributed by atoms with E-state index < -0.39 is 0 Å². The highest BCUT2D eigenvalue weighted by Crippen LogP contribution is 2.24. The van der Waals surface area contributed by atoms with Gasteiger partial charge in [0.05, 0.1) is 5.69 Å². The second-order valence-corrected chi connectivity index (χ2v) is 5.23. The van der Waals surface area contributed by atoms with Crippen molar-refractivity contribution in [3.63, 3.8) is 0 Å².